The molecular weight excluding hydrogens is 789 g/mol. The van der Waals surface area contributed by atoms with Crippen molar-refractivity contribution < 1.29 is 56.8 Å². The van der Waals surface area contributed by atoms with Crippen molar-refractivity contribution in [2.75, 3.05) is 19.0 Å². The largest absolute Gasteiger partial charge is 0.462 e. The summed E-state index contributed by atoms with van der Waals surface area (Å²) in [6.07, 6.45) is 34.3. The molecule has 0 aromatic heterocycles. The summed E-state index contributed by atoms with van der Waals surface area (Å²) in [6, 6.07) is 0. The predicted octanol–water partition coefficient (Wildman–Crippen LogP) is 9.56. The van der Waals surface area contributed by atoms with E-state index in [0.29, 0.717) is 12.8 Å². The Hall–Kier alpha value is -2.39. The van der Waals surface area contributed by atoms with Crippen molar-refractivity contribution in [1.82, 2.24) is 0 Å². The molecule has 12 nitrogen and oxygen atoms in total. The van der Waals surface area contributed by atoms with Crippen molar-refractivity contribution in [2.24, 2.45) is 0 Å². The summed E-state index contributed by atoms with van der Waals surface area (Å²) in [4.78, 5) is 25.4. The number of carbonyl (C=O) groups excluding carboxylic acids is 2. The maximum Gasteiger partial charge on any atom is 0.306 e. The normalized spacial score (nSPS) is 20.5. The minimum atomic E-state index is -4.61. The summed E-state index contributed by atoms with van der Waals surface area (Å²) in [7, 11) is -4.61. The number of rotatable bonds is 38. The highest BCUT2D eigenvalue weighted by Gasteiger charge is 2.46. The average molecular weight is 871 g/mol. The third-order valence-electron chi connectivity index (χ3n) is 10.4. The summed E-state index contributed by atoms with van der Waals surface area (Å²) in [5, 5.41) is 30.9. The fourth-order valence-electron chi connectivity index (χ4n) is 6.74. The van der Waals surface area contributed by atoms with Crippen LogP contribution in [0.2, 0.25) is 0 Å². The van der Waals surface area contributed by atoms with Gasteiger partial charge in [0.2, 0.25) is 0 Å². The average Bonchev–Trinajstić information content (AvgIpc) is 3.21. The van der Waals surface area contributed by atoms with Gasteiger partial charge in [0.15, 0.2) is 12.4 Å². The van der Waals surface area contributed by atoms with Crippen LogP contribution in [0.4, 0.5) is 0 Å². The van der Waals surface area contributed by atoms with Crippen LogP contribution < -0.4 is 0 Å². The molecule has 1 aliphatic heterocycles. The first-order chi connectivity index (χ1) is 29.0. The Morgan fingerprint density at radius 2 is 1.00 bits per heavy atom. The lowest BCUT2D eigenvalue weighted by atomic mass is 10.00. The summed E-state index contributed by atoms with van der Waals surface area (Å²) in [6.45, 7) is 3.69. The van der Waals surface area contributed by atoms with Gasteiger partial charge in [0, 0.05) is 12.8 Å². The van der Waals surface area contributed by atoms with E-state index in [4.69, 9.17) is 18.9 Å². The van der Waals surface area contributed by atoms with Crippen molar-refractivity contribution in [3.05, 3.63) is 48.6 Å². The molecule has 4 N–H and O–H groups in total. The number of hydrogen-bond donors (Lipinski definition) is 4. The van der Waals surface area contributed by atoms with E-state index < -0.39 is 71.2 Å². The van der Waals surface area contributed by atoms with Gasteiger partial charge in [0.1, 0.15) is 36.8 Å². The second-order valence-corrected chi connectivity index (χ2v) is 17.6. The molecule has 0 amide bonds. The van der Waals surface area contributed by atoms with Gasteiger partial charge in [-0.05, 0) is 77.0 Å². The van der Waals surface area contributed by atoms with E-state index >= 15 is 0 Å². The van der Waals surface area contributed by atoms with Gasteiger partial charge in [-0.15, -0.1) is 0 Å². The number of aliphatic hydroxyl groups excluding tert-OH is 3. The Bertz CT molecular complexity index is 1300. The van der Waals surface area contributed by atoms with Crippen LogP contribution in [0.25, 0.3) is 0 Å². The molecule has 6 atom stereocenters. The zero-order valence-electron chi connectivity index (χ0n) is 37.1. The molecule has 1 heterocycles. The monoisotopic (exact) mass is 871 g/mol. The van der Waals surface area contributed by atoms with Gasteiger partial charge in [-0.25, -0.2) is 0 Å². The molecule has 6 unspecified atom stereocenters. The van der Waals surface area contributed by atoms with Crippen molar-refractivity contribution >= 4 is 22.1 Å². The van der Waals surface area contributed by atoms with Crippen LogP contribution in [0, 0.1) is 0 Å². The summed E-state index contributed by atoms with van der Waals surface area (Å²) in [5.41, 5.74) is 0. The maximum atomic E-state index is 12.8. The van der Waals surface area contributed by atoms with Gasteiger partial charge < -0.3 is 34.3 Å². The Labute approximate surface area is 363 Å². The molecule has 0 spiro atoms. The number of aliphatic hydroxyl groups is 3. The van der Waals surface area contributed by atoms with E-state index in [1.807, 2.05) is 0 Å². The first kappa shape index (κ1) is 55.6. The molecule has 13 heteroatoms. The minimum absolute atomic E-state index is 0.151. The molecular formula is C47H82O12S. The molecule has 1 saturated heterocycles. The highest BCUT2D eigenvalue weighted by Crippen LogP contribution is 2.24. The number of carbonyl (C=O) groups is 2. The van der Waals surface area contributed by atoms with Crippen molar-refractivity contribution in [2.45, 2.75) is 218 Å². The lowest BCUT2D eigenvalue weighted by molar-refractivity contribution is -0.297. The van der Waals surface area contributed by atoms with E-state index in [2.05, 4.69) is 62.5 Å². The topological polar surface area (TPSA) is 186 Å². The van der Waals surface area contributed by atoms with Crippen molar-refractivity contribution in [1.29, 1.82) is 0 Å². The molecule has 1 fully saturated rings. The van der Waals surface area contributed by atoms with Crippen LogP contribution in [0.5, 0.6) is 0 Å². The van der Waals surface area contributed by atoms with E-state index in [1.54, 1.807) is 0 Å². The van der Waals surface area contributed by atoms with Crippen LogP contribution in [-0.4, -0.2) is 96.0 Å². The number of allylic oxidation sites excluding steroid dienone is 8. The Morgan fingerprint density at radius 1 is 0.567 bits per heavy atom. The maximum absolute atomic E-state index is 12.8. The fraction of sp³-hybridized carbons (Fsp3) is 0.787. The molecule has 1 rings (SSSR count). The van der Waals surface area contributed by atoms with E-state index in [0.717, 1.165) is 89.9 Å². The number of esters is 2. The highest BCUT2D eigenvalue weighted by molar-refractivity contribution is 7.85. The SMILES string of the molecule is CCCCC/C=C\C/C=C\CCCCCCCCCC(=O)OC(COC(=O)CCCCCCC/C=C\C/C=C\CCCCC)COC1OC(CS(=O)(=O)O)C(O)C(O)C1O. The Kier molecular flexibility index (Phi) is 34.5. The molecule has 0 saturated carbocycles. The molecule has 0 bridgehead atoms. The Morgan fingerprint density at radius 3 is 1.47 bits per heavy atom. The summed E-state index contributed by atoms with van der Waals surface area (Å²) in [5.74, 6) is -2.01. The third kappa shape index (κ3) is 31.5. The molecule has 0 aromatic rings. The third-order valence-corrected chi connectivity index (χ3v) is 11.1. The smallest absolute Gasteiger partial charge is 0.306 e. The van der Waals surface area contributed by atoms with Crippen LogP contribution in [0.3, 0.4) is 0 Å². The fourth-order valence-corrected chi connectivity index (χ4v) is 7.43. The lowest BCUT2D eigenvalue weighted by Gasteiger charge is -2.40. The number of unbranched alkanes of at least 4 members (excludes halogenated alkanes) is 18. The number of ether oxygens (including phenoxy) is 4. The van der Waals surface area contributed by atoms with Gasteiger partial charge in [-0.3, -0.25) is 14.1 Å². The molecule has 0 radical (unpaired) electrons. The highest BCUT2D eigenvalue weighted by atomic mass is 32.2. The standard InChI is InChI=1S/C47H82O12S/c1-3-5-7-9-11-13-15-17-19-20-22-24-26-28-30-32-34-36-43(49)58-40(38-57-47-46(52)45(51)44(50)41(59-47)39-60(53,54)55)37-56-42(48)35-33-31-29-27-25-23-21-18-16-14-12-10-8-6-4-2/h11-14,17-19,21,40-41,44-47,50-52H,3-10,15-16,20,22-39H2,1-2H3,(H,53,54,55)/b13-11-,14-12-,19-17-,21-18-. The lowest BCUT2D eigenvalue weighted by Crippen LogP contribution is -2.60. The predicted molar refractivity (Wildman–Crippen MR) is 238 cm³/mol. The Balaban J connectivity index is 2.45. The van der Waals surface area contributed by atoms with Crippen molar-refractivity contribution in [3.8, 4) is 0 Å². The van der Waals surface area contributed by atoms with Crippen LogP contribution in [0.1, 0.15) is 181 Å². The van der Waals surface area contributed by atoms with E-state index in [-0.39, 0.29) is 19.4 Å². The van der Waals surface area contributed by atoms with Gasteiger partial charge in [0.05, 0.1) is 6.61 Å². The van der Waals surface area contributed by atoms with E-state index in [1.165, 1.54) is 51.4 Å². The first-order valence-corrected chi connectivity index (χ1v) is 24.8. The summed E-state index contributed by atoms with van der Waals surface area (Å²) < 4.78 is 54.1. The second kappa shape index (κ2) is 37.2. The van der Waals surface area contributed by atoms with E-state index in [9.17, 15) is 37.9 Å². The zero-order chi connectivity index (χ0) is 44.1. The van der Waals surface area contributed by atoms with Crippen LogP contribution in [-0.2, 0) is 38.7 Å². The quantitative estimate of drug-likeness (QED) is 0.0200. The zero-order valence-corrected chi connectivity index (χ0v) is 37.9. The summed E-state index contributed by atoms with van der Waals surface area (Å²) >= 11 is 0. The van der Waals surface area contributed by atoms with Gasteiger partial charge in [0.25, 0.3) is 10.1 Å². The number of hydrogen-bond acceptors (Lipinski definition) is 11. The van der Waals surface area contributed by atoms with Crippen LogP contribution in [0.15, 0.2) is 48.6 Å². The first-order valence-electron chi connectivity index (χ1n) is 23.2. The molecule has 348 valence electrons. The molecule has 1 aliphatic rings. The minimum Gasteiger partial charge on any atom is -0.462 e. The molecule has 60 heavy (non-hydrogen) atoms. The van der Waals surface area contributed by atoms with Crippen molar-refractivity contribution in [3.63, 3.8) is 0 Å². The molecule has 0 aromatic carbocycles. The van der Waals surface area contributed by atoms with Crippen LogP contribution >= 0.6 is 0 Å². The van der Waals surface area contributed by atoms with Gasteiger partial charge in [-0.1, -0.05) is 140 Å². The second-order valence-electron chi connectivity index (χ2n) is 16.1. The van der Waals surface area contributed by atoms with Gasteiger partial charge >= 0.3 is 11.9 Å². The molecule has 0 aliphatic carbocycles. The van der Waals surface area contributed by atoms with Gasteiger partial charge in [-0.2, -0.15) is 8.42 Å².